The zero-order chi connectivity index (χ0) is 48.0. The molecule has 0 aliphatic heterocycles. The highest BCUT2D eigenvalue weighted by molar-refractivity contribution is 5.92. The van der Waals surface area contributed by atoms with E-state index in [-0.39, 0.29) is 56.8 Å². The molecule has 0 aliphatic rings. The number of carbonyl (C=O) groups excluding carboxylic acids is 6. The molecule has 3 rings (SSSR count). The Morgan fingerprint density at radius 3 is 1.26 bits per heavy atom. The first-order valence-corrected chi connectivity index (χ1v) is 18.2. The van der Waals surface area contributed by atoms with Gasteiger partial charge in [-0.05, 0) is 99.7 Å². The number of allylic oxidation sites excluding steroid dienone is 4. The summed E-state index contributed by atoms with van der Waals surface area (Å²) in [5.74, 6) is -2.64. The molecule has 0 heterocycles. The van der Waals surface area contributed by atoms with E-state index in [2.05, 4.69) is 39.5 Å². The minimum atomic E-state index is -0.784. The number of methoxy groups -OCH3 is 3. The minimum Gasteiger partial charge on any atom is -0.496 e. The Hall–Kier alpha value is -7.15. The Morgan fingerprint density at radius 1 is 0.557 bits per heavy atom. The smallest absolute Gasteiger partial charge is 0.338 e. The molecule has 0 radical (unpaired) electrons. The molecular weight excluding hydrogens is 788 g/mol. The molecule has 0 bridgehead atoms. The highest BCUT2D eigenvalue weighted by atomic mass is 19.1. The Morgan fingerprint density at radius 2 is 0.918 bits per heavy atom. The van der Waals surface area contributed by atoms with Gasteiger partial charge in [0.2, 0.25) is 0 Å². The molecule has 12 nitrogen and oxygen atoms in total. The van der Waals surface area contributed by atoms with Crippen molar-refractivity contribution in [3.63, 3.8) is 0 Å². The highest BCUT2D eigenvalue weighted by Gasteiger charge is 2.25. The minimum absolute atomic E-state index is 0.0120. The fraction of sp³-hybridized carbons (Fsp3) is 0.250. The van der Waals surface area contributed by atoms with E-state index in [1.807, 2.05) is 20.8 Å². The first-order valence-electron chi connectivity index (χ1n) is 18.2. The van der Waals surface area contributed by atoms with Crippen LogP contribution in [-0.2, 0) is 28.8 Å². The van der Waals surface area contributed by atoms with E-state index in [0.29, 0.717) is 27.8 Å². The number of esters is 3. The lowest BCUT2D eigenvalue weighted by molar-refractivity contribution is -0.132. The molecule has 0 aliphatic carbocycles. The Balaban J connectivity index is -0.00000140. The van der Waals surface area contributed by atoms with Gasteiger partial charge in [-0.3, -0.25) is 19.2 Å². The highest BCUT2D eigenvalue weighted by Crippen LogP contribution is 2.47. The van der Waals surface area contributed by atoms with Crippen LogP contribution in [0.3, 0.4) is 0 Å². The van der Waals surface area contributed by atoms with Gasteiger partial charge in [0.05, 0.1) is 26.9 Å². The summed E-state index contributed by atoms with van der Waals surface area (Å²) in [6.45, 7) is 35.4. The third kappa shape index (κ3) is 22.0. The number of halogens is 1. The first-order chi connectivity index (χ1) is 28.6. The average Bonchev–Trinajstić information content (AvgIpc) is 3.22. The molecule has 61 heavy (non-hydrogen) atoms. The summed E-state index contributed by atoms with van der Waals surface area (Å²) < 4.78 is 48.4. The summed E-state index contributed by atoms with van der Waals surface area (Å²) in [5, 5.41) is 0. The summed E-state index contributed by atoms with van der Waals surface area (Å²) in [6, 6.07) is 10.4. The second-order valence-corrected chi connectivity index (χ2v) is 12.1. The van der Waals surface area contributed by atoms with Crippen molar-refractivity contribution in [2.75, 3.05) is 21.3 Å². The predicted octanol–water partition coefficient (Wildman–Crippen LogP) is 10.6. The van der Waals surface area contributed by atoms with Gasteiger partial charge in [-0.1, -0.05) is 65.0 Å². The van der Waals surface area contributed by atoms with E-state index in [1.165, 1.54) is 66.4 Å². The first kappa shape index (κ1) is 58.2. The maximum absolute atomic E-state index is 16.2. The van der Waals surface area contributed by atoms with Gasteiger partial charge in [0.25, 0.3) is 0 Å². The van der Waals surface area contributed by atoms with Crippen LogP contribution >= 0.6 is 0 Å². The quantitative estimate of drug-likeness (QED) is 0.0528. The van der Waals surface area contributed by atoms with Crippen LogP contribution in [0.1, 0.15) is 62.3 Å². The van der Waals surface area contributed by atoms with E-state index < -0.39 is 23.7 Å². The number of carbonyl (C=O) groups is 6. The third-order valence-electron chi connectivity index (χ3n) is 6.28. The SMILES string of the molecule is C=C(C)C(=O)Oc1ccc(-c2c(OC)cc(-c3ccc(OC(C)=O)c(OC)c3)c(OC)c2F)cc1OC(=O)C(=C)C.C=C(C)C=O.C=C(C)C=O.C=C(C)C=O.C=CC.CC. The van der Waals surface area contributed by atoms with Crippen LogP contribution in [0.2, 0.25) is 0 Å². The fourth-order valence-corrected chi connectivity index (χ4v) is 3.73. The normalized spacial score (nSPS) is 8.87. The van der Waals surface area contributed by atoms with Gasteiger partial charge >= 0.3 is 17.9 Å². The molecule has 0 atom stereocenters. The largest absolute Gasteiger partial charge is 0.496 e. The van der Waals surface area contributed by atoms with E-state index in [4.69, 9.17) is 28.4 Å². The molecule has 13 heteroatoms. The van der Waals surface area contributed by atoms with Crippen molar-refractivity contribution in [3.8, 4) is 56.8 Å². The predicted molar refractivity (Wildman–Crippen MR) is 239 cm³/mol. The van der Waals surface area contributed by atoms with Crippen molar-refractivity contribution in [1.82, 2.24) is 0 Å². The van der Waals surface area contributed by atoms with Gasteiger partial charge in [-0.2, -0.15) is 0 Å². The van der Waals surface area contributed by atoms with Crippen LogP contribution in [0.5, 0.6) is 34.5 Å². The molecule has 0 saturated heterocycles. The van der Waals surface area contributed by atoms with Gasteiger partial charge in [-0.25, -0.2) is 14.0 Å². The molecule has 0 aromatic heterocycles. The van der Waals surface area contributed by atoms with Crippen molar-refractivity contribution >= 4 is 36.8 Å². The van der Waals surface area contributed by atoms with Crippen LogP contribution in [0, 0.1) is 5.82 Å². The molecule has 0 saturated carbocycles. The van der Waals surface area contributed by atoms with Gasteiger partial charge < -0.3 is 28.4 Å². The lowest BCUT2D eigenvalue weighted by Crippen LogP contribution is -2.13. The van der Waals surface area contributed by atoms with Gasteiger partial charge in [0, 0.05) is 23.6 Å². The van der Waals surface area contributed by atoms with E-state index >= 15 is 4.39 Å². The molecule has 0 amide bonds. The zero-order valence-corrected chi connectivity index (χ0v) is 37.4. The van der Waals surface area contributed by atoms with Crippen LogP contribution in [0.25, 0.3) is 22.3 Å². The van der Waals surface area contributed by atoms with E-state index in [0.717, 1.165) is 18.9 Å². The summed E-state index contributed by atoms with van der Waals surface area (Å²) in [4.78, 5) is 64.1. The number of rotatable bonds is 13. The number of benzene rings is 3. The van der Waals surface area contributed by atoms with Gasteiger partial charge in [-0.15, -0.1) is 6.58 Å². The van der Waals surface area contributed by atoms with Crippen LogP contribution < -0.4 is 28.4 Å². The molecule has 0 unspecified atom stereocenters. The molecule has 0 N–H and O–H groups in total. The second kappa shape index (κ2) is 31.8. The summed E-state index contributed by atoms with van der Waals surface area (Å²) in [6.07, 6.45) is 3.92. The van der Waals surface area contributed by atoms with Crippen molar-refractivity contribution in [2.24, 2.45) is 0 Å². The molecule has 3 aromatic rings. The number of hydrogen-bond donors (Lipinski definition) is 0. The van der Waals surface area contributed by atoms with Crippen molar-refractivity contribution in [1.29, 1.82) is 0 Å². The molecule has 0 spiro atoms. The molecule has 0 fully saturated rings. The third-order valence-corrected chi connectivity index (χ3v) is 6.28. The van der Waals surface area contributed by atoms with Crippen molar-refractivity contribution in [3.05, 3.63) is 122 Å². The van der Waals surface area contributed by atoms with Gasteiger partial charge in [0.1, 0.15) is 24.6 Å². The number of hydrogen-bond acceptors (Lipinski definition) is 12. The monoisotopic (exact) mass is 846 g/mol. The lowest BCUT2D eigenvalue weighted by Gasteiger charge is -2.19. The maximum Gasteiger partial charge on any atom is 0.338 e. The molecular formula is C48H59FO12. The van der Waals surface area contributed by atoms with Crippen LogP contribution in [0.15, 0.2) is 116 Å². The standard InChI is InChI=1S/C31H29FO9.3C4H6O.C3H6.C2H6/c1-16(2)30(34)40-23-12-10-20(14-25(23)41-31(35)17(3)4)27-26(37-7)15-21(29(38-8)28(27)32)19-9-11-22(39-18(5)33)24(13-19)36-6;3*1-4(2)3-5;1-3-2;1-2/h9-15H,1,3H2,2,4-8H3;3*3H,1H2,2H3;3H,1H2,2H3;1-2H3. The summed E-state index contributed by atoms with van der Waals surface area (Å²) in [7, 11) is 4.08. The Bertz CT molecular complexity index is 2010. The Labute approximate surface area is 359 Å². The van der Waals surface area contributed by atoms with Crippen molar-refractivity contribution in [2.45, 2.75) is 62.3 Å². The zero-order valence-electron chi connectivity index (χ0n) is 37.4. The van der Waals surface area contributed by atoms with Crippen molar-refractivity contribution < 1.29 is 61.6 Å². The lowest BCUT2D eigenvalue weighted by atomic mass is 9.96. The topological polar surface area (TPSA) is 158 Å². The average molecular weight is 847 g/mol. The maximum atomic E-state index is 16.2. The van der Waals surface area contributed by atoms with Gasteiger partial charge in [0.15, 0.2) is 34.6 Å². The van der Waals surface area contributed by atoms with E-state index in [9.17, 15) is 28.8 Å². The van der Waals surface area contributed by atoms with E-state index in [1.54, 1.807) is 45.0 Å². The Kier molecular flexibility index (Phi) is 30.3. The molecule has 330 valence electrons. The second-order valence-electron chi connectivity index (χ2n) is 12.1. The summed E-state index contributed by atoms with van der Waals surface area (Å²) in [5.41, 5.74) is 2.96. The summed E-state index contributed by atoms with van der Waals surface area (Å²) >= 11 is 0. The fourth-order valence-electron chi connectivity index (χ4n) is 3.73. The van der Waals surface area contributed by atoms with Crippen LogP contribution in [0.4, 0.5) is 4.39 Å². The number of ether oxygens (including phenoxy) is 6. The number of aldehydes is 3. The van der Waals surface area contributed by atoms with Crippen LogP contribution in [-0.4, -0.2) is 58.1 Å². The molecule has 3 aromatic carbocycles.